The van der Waals surface area contributed by atoms with Gasteiger partial charge in [0.1, 0.15) is 11.4 Å². The lowest BCUT2D eigenvalue weighted by atomic mass is 10.2. The number of rotatable bonds is 5. The second kappa shape index (κ2) is 6.61. The van der Waals surface area contributed by atoms with Crippen molar-refractivity contribution in [2.24, 2.45) is 0 Å². The topological polar surface area (TPSA) is 109 Å². The van der Waals surface area contributed by atoms with Crippen molar-refractivity contribution < 1.29 is 18.3 Å². The zero-order chi connectivity index (χ0) is 16.1. The predicted octanol–water partition coefficient (Wildman–Crippen LogP) is 0.832. The van der Waals surface area contributed by atoms with Crippen LogP contribution in [-0.4, -0.2) is 27.7 Å². The van der Waals surface area contributed by atoms with Gasteiger partial charge < -0.3 is 4.74 Å². The molecule has 0 unspecified atom stereocenters. The van der Waals surface area contributed by atoms with Gasteiger partial charge in [0.15, 0.2) is 0 Å². The van der Waals surface area contributed by atoms with E-state index in [1.165, 1.54) is 31.2 Å². The van der Waals surface area contributed by atoms with E-state index in [9.17, 15) is 18.4 Å². The van der Waals surface area contributed by atoms with Gasteiger partial charge in [-0.05, 0) is 31.2 Å². The lowest BCUT2D eigenvalue weighted by molar-refractivity contribution is -0.0498. The quantitative estimate of drug-likeness (QED) is 0.706. The Morgan fingerprint density at radius 3 is 2.55 bits per heavy atom. The molecule has 3 N–H and O–H groups in total. The molecule has 0 bridgehead atoms. The van der Waals surface area contributed by atoms with Crippen molar-refractivity contribution in [1.29, 1.82) is 0 Å². The molecule has 116 valence electrons. The third kappa shape index (κ3) is 3.98. The van der Waals surface area contributed by atoms with Crippen LogP contribution in [0.5, 0.6) is 5.75 Å². The van der Waals surface area contributed by atoms with Crippen molar-refractivity contribution in [3.05, 3.63) is 45.9 Å². The molecule has 2 rings (SSSR count). The molecule has 1 aromatic carbocycles. The van der Waals surface area contributed by atoms with Gasteiger partial charge in [-0.15, -0.1) is 10.2 Å². The molecule has 22 heavy (non-hydrogen) atoms. The number of amides is 1. The van der Waals surface area contributed by atoms with Gasteiger partial charge in [0.25, 0.3) is 11.5 Å². The number of hydrogen-bond donors (Lipinski definition) is 3. The molecule has 10 heteroatoms. The second-order valence-electron chi connectivity index (χ2n) is 4.07. The number of ether oxygens (including phenoxy) is 1. The number of hydrazine groups is 1. The third-order valence-electron chi connectivity index (χ3n) is 2.50. The summed E-state index contributed by atoms with van der Waals surface area (Å²) in [4.78, 5) is 25.4. The summed E-state index contributed by atoms with van der Waals surface area (Å²) in [7, 11) is 0. The Hall–Kier alpha value is -3.04. The lowest BCUT2D eigenvalue weighted by Crippen LogP contribution is -2.31. The SMILES string of the molecule is Cc1nnc(NNC(=O)c2ccc(OC(F)F)cc2)[nH]c1=O. The molecule has 1 amide bonds. The maximum Gasteiger partial charge on any atom is 0.387 e. The van der Waals surface area contributed by atoms with E-state index < -0.39 is 18.1 Å². The minimum absolute atomic E-state index is 0.0402. The second-order valence-corrected chi connectivity index (χ2v) is 4.07. The number of anilines is 1. The van der Waals surface area contributed by atoms with E-state index in [2.05, 4.69) is 30.8 Å². The minimum atomic E-state index is -2.93. The first-order valence-electron chi connectivity index (χ1n) is 6.00. The smallest absolute Gasteiger partial charge is 0.387 e. The van der Waals surface area contributed by atoms with Gasteiger partial charge in [-0.1, -0.05) is 0 Å². The number of H-pyrrole nitrogens is 1. The Labute approximate surface area is 122 Å². The summed E-state index contributed by atoms with van der Waals surface area (Å²) in [6.45, 7) is -1.45. The van der Waals surface area contributed by atoms with E-state index in [1.807, 2.05) is 0 Å². The first-order valence-corrected chi connectivity index (χ1v) is 6.00. The molecule has 0 atom stereocenters. The zero-order valence-electron chi connectivity index (χ0n) is 11.3. The number of aromatic amines is 1. The molecule has 0 saturated heterocycles. The van der Waals surface area contributed by atoms with Crippen molar-refractivity contribution in [3.63, 3.8) is 0 Å². The van der Waals surface area contributed by atoms with Crippen molar-refractivity contribution in [2.45, 2.75) is 13.5 Å². The number of carbonyl (C=O) groups is 1. The molecule has 0 aliphatic heterocycles. The molecule has 1 heterocycles. The maximum absolute atomic E-state index is 12.0. The summed E-state index contributed by atoms with van der Waals surface area (Å²) < 4.78 is 28.2. The number of halogens is 2. The zero-order valence-corrected chi connectivity index (χ0v) is 11.3. The van der Waals surface area contributed by atoms with Crippen LogP contribution in [0.3, 0.4) is 0 Å². The summed E-state index contributed by atoms with van der Waals surface area (Å²) >= 11 is 0. The normalized spacial score (nSPS) is 10.4. The number of aryl methyl sites for hydroxylation is 1. The molecule has 1 aromatic heterocycles. The molecular weight excluding hydrogens is 300 g/mol. The fourth-order valence-corrected chi connectivity index (χ4v) is 1.43. The van der Waals surface area contributed by atoms with E-state index >= 15 is 0 Å². The van der Waals surface area contributed by atoms with Crippen LogP contribution in [0, 0.1) is 6.92 Å². The Morgan fingerprint density at radius 1 is 1.27 bits per heavy atom. The maximum atomic E-state index is 12.0. The summed E-state index contributed by atoms with van der Waals surface area (Å²) in [6.07, 6.45) is 0. The molecular formula is C12H11F2N5O3. The molecule has 0 aliphatic rings. The average Bonchev–Trinajstić information content (AvgIpc) is 2.48. The Morgan fingerprint density at radius 2 is 1.95 bits per heavy atom. The lowest BCUT2D eigenvalue weighted by Gasteiger charge is -2.08. The molecule has 0 spiro atoms. The van der Waals surface area contributed by atoms with E-state index in [1.54, 1.807) is 0 Å². The Bertz CT molecular complexity index is 717. The Balaban J connectivity index is 1.97. The highest BCUT2D eigenvalue weighted by atomic mass is 19.3. The molecule has 0 saturated carbocycles. The fraction of sp³-hybridized carbons (Fsp3) is 0.167. The number of carbonyl (C=O) groups excluding carboxylic acids is 1. The van der Waals surface area contributed by atoms with Gasteiger partial charge in [-0.25, -0.2) is 0 Å². The standard InChI is InChI=1S/C12H11F2N5O3/c1-6-9(20)15-12(18-16-6)19-17-10(21)7-2-4-8(5-3-7)22-11(13)14/h2-5,11H,1H3,(H,17,21)(H2,15,18,19,20). The van der Waals surface area contributed by atoms with Crippen LogP contribution in [0.2, 0.25) is 0 Å². The molecule has 0 aliphatic carbocycles. The van der Waals surface area contributed by atoms with Crippen LogP contribution in [0.4, 0.5) is 14.7 Å². The van der Waals surface area contributed by atoms with Crippen LogP contribution >= 0.6 is 0 Å². The van der Waals surface area contributed by atoms with Gasteiger partial charge in [0.05, 0.1) is 0 Å². The summed E-state index contributed by atoms with van der Waals surface area (Å²) in [5.74, 6) is -0.665. The van der Waals surface area contributed by atoms with Gasteiger partial charge in [0.2, 0.25) is 5.95 Å². The van der Waals surface area contributed by atoms with E-state index in [0.717, 1.165) is 0 Å². The first kappa shape index (κ1) is 15.4. The summed E-state index contributed by atoms with van der Waals surface area (Å²) in [6, 6.07) is 5.07. The van der Waals surface area contributed by atoms with Crippen LogP contribution in [0.15, 0.2) is 29.1 Å². The Kier molecular flexibility index (Phi) is 4.61. The van der Waals surface area contributed by atoms with Crippen LogP contribution in [0.25, 0.3) is 0 Å². The van der Waals surface area contributed by atoms with E-state index in [-0.39, 0.29) is 23.0 Å². The van der Waals surface area contributed by atoms with Crippen LogP contribution in [-0.2, 0) is 0 Å². The predicted molar refractivity (Wildman–Crippen MR) is 71.6 cm³/mol. The minimum Gasteiger partial charge on any atom is -0.435 e. The van der Waals surface area contributed by atoms with Crippen LogP contribution in [0.1, 0.15) is 16.1 Å². The van der Waals surface area contributed by atoms with E-state index in [4.69, 9.17) is 0 Å². The first-order chi connectivity index (χ1) is 10.5. The van der Waals surface area contributed by atoms with Gasteiger partial charge in [0, 0.05) is 5.56 Å². The highest BCUT2D eigenvalue weighted by molar-refractivity contribution is 5.94. The number of nitrogens with one attached hydrogen (secondary N) is 3. The number of hydrogen-bond acceptors (Lipinski definition) is 6. The number of nitrogens with zero attached hydrogens (tertiary/aromatic N) is 2. The summed E-state index contributed by atoms with van der Waals surface area (Å²) in [5.41, 5.74) is 4.58. The van der Waals surface area contributed by atoms with Gasteiger partial charge >= 0.3 is 6.61 Å². The fourth-order valence-electron chi connectivity index (χ4n) is 1.43. The van der Waals surface area contributed by atoms with Crippen LogP contribution < -0.4 is 21.1 Å². The van der Waals surface area contributed by atoms with Crippen molar-refractivity contribution in [2.75, 3.05) is 5.43 Å². The summed E-state index contributed by atoms with van der Waals surface area (Å²) in [5, 5.41) is 7.19. The third-order valence-corrected chi connectivity index (χ3v) is 2.50. The molecule has 8 nitrogen and oxygen atoms in total. The van der Waals surface area contributed by atoms with Gasteiger partial charge in [-0.3, -0.25) is 25.4 Å². The van der Waals surface area contributed by atoms with Crippen molar-refractivity contribution >= 4 is 11.9 Å². The van der Waals surface area contributed by atoms with Gasteiger partial charge in [-0.2, -0.15) is 8.78 Å². The molecule has 2 aromatic rings. The highest BCUT2D eigenvalue weighted by Gasteiger charge is 2.08. The number of aromatic nitrogens is 3. The molecule has 0 radical (unpaired) electrons. The average molecular weight is 311 g/mol. The van der Waals surface area contributed by atoms with Crippen molar-refractivity contribution in [3.8, 4) is 5.75 Å². The number of benzene rings is 1. The monoisotopic (exact) mass is 311 g/mol. The number of alkyl halides is 2. The van der Waals surface area contributed by atoms with Crippen molar-refractivity contribution in [1.82, 2.24) is 20.6 Å². The largest absolute Gasteiger partial charge is 0.435 e. The highest BCUT2D eigenvalue weighted by Crippen LogP contribution is 2.14. The van der Waals surface area contributed by atoms with E-state index in [0.29, 0.717) is 0 Å². The molecule has 0 fully saturated rings.